The monoisotopic (exact) mass is 661 g/mol. The third-order valence-corrected chi connectivity index (χ3v) is 10.7. The van der Waals surface area contributed by atoms with Crippen LogP contribution in [0.5, 0.6) is 5.88 Å². The number of sulfonamides is 1. The minimum Gasteiger partial charge on any atom is -0.477 e. The third-order valence-electron chi connectivity index (χ3n) is 9.34. The van der Waals surface area contributed by atoms with Crippen molar-refractivity contribution in [2.45, 2.75) is 96.2 Å². The maximum Gasteiger partial charge on any atom is 0.407 e. The van der Waals surface area contributed by atoms with Gasteiger partial charge in [0.15, 0.2) is 0 Å². The zero-order chi connectivity index (χ0) is 33.7. The van der Waals surface area contributed by atoms with Crippen molar-refractivity contribution in [3.05, 3.63) is 64.7 Å². The number of aryl methyl sites for hydroxylation is 2. The second-order valence-corrected chi connectivity index (χ2v) is 15.9. The van der Waals surface area contributed by atoms with E-state index in [0.717, 1.165) is 42.4 Å². The van der Waals surface area contributed by atoms with E-state index in [4.69, 9.17) is 9.47 Å². The van der Waals surface area contributed by atoms with Gasteiger partial charge in [0.25, 0.3) is 15.9 Å². The summed E-state index contributed by atoms with van der Waals surface area (Å²) in [4.78, 5) is 37.1. The van der Waals surface area contributed by atoms with E-state index >= 15 is 0 Å². The second kappa shape index (κ2) is 12.1. The molecular weight excluding hydrogens is 618 g/mol. The van der Waals surface area contributed by atoms with E-state index in [2.05, 4.69) is 20.0 Å². The van der Waals surface area contributed by atoms with Crippen LogP contribution >= 0.6 is 0 Å². The van der Waals surface area contributed by atoms with Crippen molar-refractivity contribution in [3.8, 4) is 17.1 Å². The SMILES string of the molecule is Cc1cccc(C)c1-c1nc2nc(c1C)OCCCN(C1CC3(CC(NC(=O)OC(C)(C)C)C3)C1)C(=O)c1cccc(c1)S(=O)(=O)N2. The highest BCUT2D eigenvalue weighted by molar-refractivity contribution is 7.92. The van der Waals surface area contributed by atoms with Crippen LogP contribution in [0.15, 0.2) is 47.4 Å². The van der Waals surface area contributed by atoms with E-state index in [1.807, 2.05) is 64.6 Å². The lowest BCUT2D eigenvalue weighted by Crippen LogP contribution is -2.62. The van der Waals surface area contributed by atoms with Crippen molar-refractivity contribution in [2.24, 2.45) is 5.41 Å². The normalized spacial score (nSPS) is 23.8. The highest BCUT2D eigenvalue weighted by atomic mass is 32.2. The predicted octanol–water partition coefficient (Wildman–Crippen LogP) is 5.93. The molecular formula is C35H43N5O6S. The molecule has 12 heteroatoms. The lowest BCUT2D eigenvalue weighted by atomic mass is 9.51. The number of amides is 2. The molecule has 3 aliphatic rings. The summed E-state index contributed by atoms with van der Waals surface area (Å²) in [6, 6.07) is 12.1. The van der Waals surface area contributed by atoms with E-state index in [0.29, 0.717) is 35.7 Å². The van der Waals surface area contributed by atoms with Gasteiger partial charge in [-0.1, -0.05) is 24.3 Å². The number of ether oxygens (including phenoxy) is 2. The number of rotatable bonds is 3. The van der Waals surface area contributed by atoms with Gasteiger partial charge in [-0.3, -0.25) is 4.79 Å². The summed E-state index contributed by atoms with van der Waals surface area (Å²) in [7, 11) is -4.14. The van der Waals surface area contributed by atoms with Crippen LogP contribution in [0.3, 0.4) is 0 Å². The van der Waals surface area contributed by atoms with Crippen molar-refractivity contribution >= 4 is 28.0 Å². The summed E-state index contributed by atoms with van der Waals surface area (Å²) >= 11 is 0. The van der Waals surface area contributed by atoms with Gasteiger partial charge in [0.05, 0.1) is 17.2 Å². The molecule has 0 radical (unpaired) electrons. The van der Waals surface area contributed by atoms with Gasteiger partial charge >= 0.3 is 6.09 Å². The van der Waals surface area contributed by atoms with Gasteiger partial charge in [0.1, 0.15) is 5.60 Å². The molecule has 2 saturated carbocycles. The predicted molar refractivity (Wildman–Crippen MR) is 178 cm³/mol. The number of nitrogens with zero attached hydrogens (tertiary/aromatic N) is 3. The van der Waals surface area contributed by atoms with Crippen molar-refractivity contribution < 1.29 is 27.5 Å². The number of carbonyl (C=O) groups excluding carboxylic acids is 2. The van der Waals surface area contributed by atoms with Crippen molar-refractivity contribution in [1.82, 2.24) is 20.2 Å². The van der Waals surface area contributed by atoms with Gasteiger partial charge in [-0.25, -0.2) is 22.9 Å². The molecule has 1 aliphatic heterocycles. The molecule has 250 valence electrons. The Morgan fingerprint density at radius 1 is 1.04 bits per heavy atom. The topological polar surface area (TPSA) is 140 Å². The standard InChI is InChI=1S/C35H43N5O6S/c1-21-10-7-11-22(2)28(21)29-23(3)30-38-32(37-29)39-47(43,44)27-13-8-12-24(16-27)31(41)40(14-9-15-45-30)26-19-35(20-26)17-25(18-35)36-33(42)46-34(4,5)6/h7-8,10-13,16,25-26H,9,14-15,17-20H2,1-6H3,(H,36,42)(H,37,38,39). The smallest absolute Gasteiger partial charge is 0.407 e. The van der Waals surface area contributed by atoms with Crippen LogP contribution in [0.4, 0.5) is 10.7 Å². The number of fused-ring (bicyclic) bond motifs is 4. The highest BCUT2D eigenvalue weighted by Gasteiger charge is 2.55. The second-order valence-electron chi connectivity index (χ2n) is 14.2. The molecule has 0 unspecified atom stereocenters. The van der Waals surface area contributed by atoms with Crippen LogP contribution in [0.2, 0.25) is 0 Å². The lowest BCUT2D eigenvalue weighted by Gasteiger charge is -2.59. The number of nitrogens with one attached hydrogen (secondary N) is 2. The van der Waals surface area contributed by atoms with E-state index in [9.17, 15) is 18.0 Å². The van der Waals surface area contributed by atoms with Crippen LogP contribution in [0.25, 0.3) is 11.3 Å². The fraction of sp³-hybridized carbons (Fsp3) is 0.486. The largest absolute Gasteiger partial charge is 0.477 e. The van der Waals surface area contributed by atoms with E-state index < -0.39 is 21.7 Å². The number of anilines is 1. The fourth-order valence-electron chi connectivity index (χ4n) is 7.16. The highest BCUT2D eigenvalue weighted by Crippen LogP contribution is 2.57. The first-order valence-corrected chi connectivity index (χ1v) is 17.6. The number of hydrogen-bond donors (Lipinski definition) is 2. The summed E-state index contributed by atoms with van der Waals surface area (Å²) in [5.41, 5.74) is 4.02. The molecule has 2 aromatic carbocycles. The Morgan fingerprint density at radius 3 is 2.40 bits per heavy atom. The van der Waals surface area contributed by atoms with Crippen LogP contribution in [0.1, 0.15) is 79.9 Å². The summed E-state index contributed by atoms with van der Waals surface area (Å²) in [6.07, 6.45) is 3.46. The molecule has 4 bridgehead atoms. The number of alkyl carbamates (subject to hydrolysis) is 1. The molecule has 6 rings (SSSR count). The van der Waals surface area contributed by atoms with E-state index in [1.165, 1.54) is 12.1 Å². The number of aromatic nitrogens is 2. The van der Waals surface area contributed by atoms with Crippen LogP contribution in [-0.4, -0.2) is 66.1 Å². The van der Waals surface area contributed by atoms with Crippen LogP contribution < -0.4 is 14.8 Å². The fourth-order valence-corrected chi connectivity index (χ4v) is 8.15. The summed E-state index contributed by atoms with van der Waals surface area (Å²) in [5.74, 6) is -0.0250. The molecule has 0 saturated heterocycles. The van der Waals surface area contributed by atoms with E-state index in [1.54, 1.807) is 12.1 Å². The molecule has 2 amide bonds. The Morgan fingerprint density at radius 2 is 1.72 bits per heavy atom. The van der Waals surface area contributed by atoms with Gasteiger partial charge in [0.2, 0.25) is 11.8 Å². The maximum atomic E-state index is 13.9. The molecule has 47 heavy (non-hydrogen) atoms. The number of carbonyl (C=O) groups is 2. The maximum absolute atomic E-state index is 13.9. The average Bonchev–Trinajstić information content (AvgIpc) is 2.94. The molecule has 3 aromatic rings. The Labute approximate surface area is 276 Å². The molecule has 2 fully saturated rings. The van der Waals surface area contributed by atoms with Gasteiger partial charge in [0, 0.05) is 35.3 Å². The van der Waals surface area contributed by atoms with Gasteiger partial charge in [-0.2, -0.15) is 4.98 Å². The third kappa shape index (κ3) is 6.79. The first-order valence-electron chi connectivity index (χ1n) is 16.1. The minimum absolute atomic E-state index is 0.000654. The molecule has 1 aromatic heterocycles. The zero-order valence-corrected chi connectivity index (χ0v) is 28.7. The molecule has 2 aliphatic carbocycles. The van der Waals surface area contributed by atoms with Crippen molar-refractivity contribution in [3.63, 3.8) is 0 Å². The Kier molecular flexibility index (Phi) is 8.44. The zero-order valence-electron chi connectivity index (χ0n) is 27.8. The minimum atomic E-state index is -4.14. The first-order chi connectivity index (χ1) is 22.1. The van der Waals surface area contributed by atoms with Crippen molar-refractivity contribution in [1.29, 1.82) is 0 Å². The Bertz CT molecular complexity index is 1800. The molecule has 11 nitrogen and oxygen atoms in total. The Balaban J connectivity index is 1.24. The van der Waals surface area contributed by atoms with Crippen LogP contribution in [0, 0.1) is 26.2 Å². The molecule has 2 N–H and O–H groups in total. The van der Waals surface area contributed by atoms with Gasteiger partial charge in [-0.15, -0.1) is 0 Å². The summed E-state index contributed by atoms with van der Waals surface area (Å²) in [6.45, 7) is 12.1. The molecule has 0 atom stereocenters. The van der Waals surface area contributed by atoms with Gasteiger partial charge < -0.3 is 19.7 Å². The quantitative estimate of drug-likeness (QED) is 0.352. The molecule has 2 heterocycles. The van der Waals surface area contributed by atoms with Crippen molar-refractivity contribution in [2.75, 3.05) is 17.9 Å². The first kappa shape index (κ1) is 32.7. The average molecular weight is 662 g/mol. The number of benzene rings is 2. The number of hydrogen-bond acceptors (Lipinski definition) is 8. The van der Waals surface area contributed by atoms with E-state index in [-0.39, 0.29) is 40.9 Å². The van der Waals surface area contributed by atoms with Crippen LogP contribution in [-0.2, 0) is 14.8 Å². The summed E-state index contributed by atoms with van der Waals surface area (Å²) < 4.78 is 41.3. The van der Waals surface area contributed by atoms with Gasteiger partial charge in [-0.05, 0) is 108 Å². The summed E-state index contributed by atoms with van der Waals surface area (Å²) in [5, 5.41) is 2.96. The molecule has 1 spiro atoms. The lowest BCUT2D eigenvalue weighted by molar-refractivity contribution is -0.0652. The Hall–Kier alpha value is -4.19.